The molecule has 0 bridgehead atoms. The molecule has 4 nitrogen and oxygen atoms in total. The van der Waals surface area contributed by atoms with Gasteiger partial charge < -0.3 is 14.7 Å². The van der Waals surface area contributed by atoms with E-state index in [0.717, 1.165) is 11.4 Å². The van der Waals surface area contributed by atoms with Crippen LogP contribution in [-0.4, -0.2) is 31.8 Å². The molecule has 0 unspecified atom stereocenters. The highest BCUT2D eigenvalue weighted by atomic mass is 16.5. The van der Waals surface area contributed by atoms with Crippen LogP contribution in [0.2, 0.25) is 0 Å². The summed E-state index contributed by atoms with van der Waals surface area (Å²) in [6.45, 7) is 2.06. The third-order valence-corrected chi connectivity index (χ3v) is 2.53. The van der Waals surface area contributed by atoms with E-state index in [1.807, 2.05) is 43.3 Å². The Labute approximate surface area is 107 Å². The average molecular weight is 249 g/mol. The van der Waals surface area contributed by atoms with E-state index >= 15 is 0 Å². The van der Waals surface area contributed by atoms with E-state index in [-0.39, 0.29) is 0 Å². The predicted molar refractivity (Wildman–Crippen MR) is 72.3 cm³/mol. The first kappa shape index (κ1) is 14.1. The Bertz CT molecular complexity index is 421. The lowest BCUT2D eigenvalue weighted by Crippen LogP contribution is -2.08. The normalized spacial score (nSPS) is 11.2. The molecule has 0 fully saturated rings. The minimum absolute atomic E-state index is 0.349. The number of anilines is 1. The van der Waals surface area contributed by atoms with Crippen LogP contribution in [0.4, 0.5) is 5.69 Å². The van der Waals surface area contributed by atoms with Crippen LogP contribution in [-0.2, 0) is 4.79 Å². The molecule has 4 heteroatoms. The van der Waals surface area contributed by atoms with E-state index in [0.29, 0.717) is 18.6 Å². The Kier molecular flexibility index (Phi) is 5.24. The van der Waals surface area contributed by atoms with Crippen molar-refractivity contribution >= 4 is 11.7 Å². The smallest absolute Gasteiger partial charge is 0.330 e. The fraction of sp³-hybridized carbons (Fsp3) is 0.357. The zero-order valence-electron chi connectivity index (χ0n) is 11.0. The summed E-state index contributed by atoms with van der Waals surface area (Å²) in [5.41, 5.74) is 1.46. The molecule has 0 amide bonds. The predicted octanol–water partition coefficient (Wildman–Crippen LogP) is 2.55. The molecule has 0 saturated carbocycles. The minimum Gasteiger partial charge on any atom is -0.493 e. The van der Waals surface area contributed by atoms with Gasteiger partial charge in [-0.3, -0.25) is 0 Å². The second-order valence-electron chi connectivity index (χ2n) is 4.22. The van der Waals surface area contributed by atoms with E-state index in [2.05, 4.69) is 0 Å². The van der Waals surface area contributed by atoms with Crippen molar-refractivity contribution in [2.75, 3.05) is 25.6 Å². The zero-order chi connectivity index (χ0) is 13.5. The van der Waals surface area contributed by atoms with Crippen LogP contribution in [0.15, 0.2) is 35.9 Å². The average Bonchev–Trinajstić information content (AvgIpc) is 2.34. The molecule has 0 spiro atoms. The van der Waals surface area contributed by atoms with Crippen LogP contribution in [0.1, 0.15) is 13.3 Å². The first-order valence-electron chi connectivity index (χ1n) is 5.81. The maximum Gasteiger partial charge on any atom is 0.330 e. The summed E-state index contributed by atoms with van der Waals surface area (Å²) < 4.78 is 5.51. The van der Waals surface area contributed by atoms with Crippen molar-refractivity contribution in [3.63, 3.8) is 0 Å². The zero-order valence-corrected chi connectivity index (χ0v) is 11.0. The Morgan fingerprint density at radius 3 is 2.44 bits per heavy atom. The third-order valence-electron chi connectivity index (χ3n) is 2.53. The SMILES string of the molecule is CC(=CCCOc1ccc(N(C)C)cc1)C(=O)O. The van der Waals surface area contributed by atoms with Gasteiger partial charge in [0.15, 0.2) is 0 Å². The molecule has 98 valence electrons. The fourth-order valence-electron chi connectivity index (χ4n) is 1.38. The maximum absolute atomic E-state index is 10.6. The highest BCUT2D eigenvalue weighted by Gasteiger charge is 1.99. The van der Waals surface area contributed by atoms with Crippen LogP contribution < -0.4 is 9.64 Å². The number of carbonyl (C=O) groups is 1. The molecule has 0 atom stereocenters. The first-order valence-corrected chi connectivity index (χ1v) is 5.81. The van der Waals surface area contributed by atoms with Gasteiger partial charge in [-0.1, -0.05) is 6.08 Å². The summed E-state index contributed by atoms with van der Waals surface area (Å²) >= 11 is 0. The molecule has 0 aliphatic rings. The second-order valence-corrected chi connectivity index (χ2v) is 4.22. The molecule has 1 aromatic rings. The molecular weight excluding hydrogens is 230 g/mol. The van der Waals surface area contributed by atoms with E-state index in [1.54, 1.807) is 13.0 Å². The summed E-state index contributed by atoms with van der Waals surface area (Å²) in [5, 5.41) is 8.67. The number of aliphatic carboxylic acids is 1. The topological polar surface area (TPSA) is 49.8 Å². The lowest BCUT2D eigenvalue weighted by molar-refractivity contribution is -0.132. The molecule has 0 saturated heterocycles. The van der Waals surface area contributed by atoms with Crippen LogP contribution in [0, 0.1) is 0 Å². The van der Waals surface area contributed by atoms with Crippen molar-refractivity contribution in [3.05, 3.63) is 35.9 Å². The molecule has 1 N–H and O–H groups in total. The van der Waals surface area contributed by atoms with Gasteiger partial charge in [0.25, 0.3) is 0 Å². The number of nitrogens with zero attached hydrogens (tertiary/aromatic N) is 1. The van der Waals surface area contributed by atoms with Crippen LogP contribution in [0.5, 0.6) is 5.75 Å². The van der Waals surface area contributed by atoms with Crippen LogP contribution in [0.3, 0.4) is 0 Å². The van der Waals surface area contributed by atoms with Crippen molar-refractivity contribution < 1.29 is 14.6 Å². The highest BCUT2D eigenvalue weighted by molar-refractivity contribution is 5.85. The number of hydrogen-bond acceptors (Lipinski definition) is 3. The second kappa shape index (κ2) is 6.69. The molecule has 0 heterocycles. The van der Waals surface area contributed by atoms with E-state index in [4.69, 9.17) is 9.84 Å². The molecule has 0 aromatic heterocycles. The number of ether oxygens (including phenoxy) is 1. The number of carboxylic acid groups (broad SMARTS) is 1. The van der Waals surface area contributed by atoms with E-state index < -0.39 is 5.97 Å². The van der Waals surface area contributed by atoms with Gasteiger partial charge in [0.1, 0.15) is 5.75 Å². The lowest BCUT2D eigenvalue weighted by Gasteiger charge is -2.12. The van der Waals surface area contributed by atoms with Crippen molar-refractivity contribution in [1.82, 2.24) is 0 Å². The summed E-state index contributed by atoms with van der Waals surface area (Å²) in [5.74, 6) is -0.0905. The number of rotatable bonds is 6. The number of benzene rings is 1. The highest BCUT2D eigenvalue weighted by Crippen LogP contribution is 2.17. The molecule has 0 aliphatic heterocycles. The summed E-state index contributed by atoms with van der Waals surface area (Å²) in [6, 6.07) is 7.77. The molecule has 1 rings (SSSR count). The van der Waals surface area contributed by atoms with Gasteiger partial charge in [-0.2, -0.15) is 0 Å². The van der Waals surface area contributed by atoms with Gasteiger partial charge in [0, 0.05) is 31.8 Å². The Balaban J connectivity index is 2.40. The maximum atomic E-state index is 10.6. The van der Waals surface area contributed by atoms with Crippen molar-refractivity contribution in [1.29, 1.82) is 0 Å². The summed E-state index contributed by atoms with van der Waals surface area (Å²) in [6.07, 6.45) is 2.25. The van der Waals surface area contributed by atoms with Gasteiger partial charge in [0.05, 0.1) is 6.61 Å². The molecule has 0 aliphatic carbocycles. The number of carboxylic acids is 1. The first-order chi connectivity index (χ1) is 8.50. The Hall–Kier alpha value is -1.97. The lowest BCUT2D eigenvalue weighted by atomic mass is 10.2. The Morgan fingerprint density at radius 1 is 1.33 bits per heavy atom. The van der Waals surface area contributed by atoms with Gasteiger partial charge in [-0.15, -0.1) is 0 Å². The largest absolute Gasteiger partial charge is 0.493 e. The molecule has 18 heavy (non-hydrogen) atoms. The van der Waals surface area contributed by atoms with Crippen molar-refractivity contribution in [3.8, 4) is 5.75 Å². The van der Waals surface area contributed by atoms with E-state index in [1.165, 1.54) is 0 Å². The van der Waals surface area contributed by atoms with Gasteiger partial charge in [-0.25, -0.2) is 4.79 Å². The number of hydrogen-bond donors (Lipinski definition) is 1. The van der Waals surface area contributed by atoms with Crippen molar-refractivity contribution in [2.45, 2.75) is 13.3 Å². The summed E-state index contributed by atoms with van der Waals surface area (Å²) in [4.78, 5) is 12.6. The van der Waals surface area contributed by atoms with Gasteiger partial charge in [0.2, 0.25) is 0 Å². The Morgan fingerprint density at radius 2 is 1.94 bits per heavy atom. The molecular formula is C14H19NO3. The summed E-state index contributed by atoms with van der Waals surface area (Å²) in [7, 11) is 3.96. The van der Waals surface area contributed by atoms with Crippen molar-refractivity contribution in [2.24, 2.45) is 0 Å². The van der Waals surface area contributed by atoms with Crippen LogP contribution >= 0.6 is 0 Å². The van der Waals surface area contributed by atoms with Crippen LogP contribution in [0.25, 0.3) is 0 Å². The standard InChI is InChI=1S/C14H19NO3/c1-11(14(16)17)5-4-10-18-13-8-6-12(7-9-13)15(2)3/h5-9H,4,10H2,1-3H3,(H,16,17). The van der Waals surface area contributed by atoms with Gasteiger partial charge >= 0.3 is 5.97 Å². The van der Waals surface area contributed by atoms with Gasteiger partial charge in [-0.05, 0) is 31.2 Å². The molecule has 1 aromatic carbocycles. The fourth-order valence-corrected chi connectivity index (χ4v) is 1.38. The molecule has 0 radical (unpaired) electrons. The minimum atomic E-state index is -0.884. The quantitative estimate of drug-likeness (QED) is 0.622. The third kappa shape index (κ3) is 4.49. The van der Waals surface area contributed by atoms with E-state index in [9.17, 15) is 4.79 Å². The monoisotopic (exact) mass is 249 g/mol.